The molecule has 1 aliphatic heterocycles. The lowest BCUT2D eigenvalue weighted by atomic mass is 9.97. The van der Waals surface area contributed by atoms with Crippen LogP contribution < -0.4 is 5.32 Å². The Hall–Kier alpha value is -2.53. The van der Waals surface area contributed by atoms with Crippen molar-refractivity contribution in [3.05, 3.63) is 72.3 Å². The predicted molar refractivity (Wildman–Crippen MR) is 134 cm³/mol. The summed E-state index contributed by atoms with van der Waals surface area (Å²) in [7, 11) is -7.87. The molecule has 2 aromatic carbocycles. The molecule has 8 nitrogen and oxygen atoms in total. The molecule has 4 rings (SSSR count). The average Bonchev–Trinajstić information content (AvgIpc) is 2.90. The Balaban J connectivity index is 1.56. The lowest BCUT2D eigenvalue weighted by Crippen LogP contribution is -2.61. The van der Waals surface area contributed by atoms with Gasteiger partial charge in [0.2, 0.25) is 26.0 Å². The minimum absolute atomic E-state index is 0.0417. The molecule has 2 aromatic rings. The second kappa shape index (κ2) is 11.0. The first-order chi connectivity index (χ1) is 16.8. The highest BCUT2D eigenvalue weighted by molar-refractivity contribution is 7.89. The van der Waals surface area contributed by atoms with Crippen molar-refractivity contribution in [3.63, 3.8) is 0 Å². The van der Waals surface area contributed by atoms with E-state index in [0.717, 1.165) is 23.6 Å². The summed E-state index contributed by atoms with van der Waals surface area (Å²) in [5.74, 6) is -0.492. The Kier molecular flexibility index (Phi) is 8.05. The summed E-state index contributed by atoms with van der Waals surface area (Å²) < 4.78 is 55.6. The monoisotopic (exact) mass is 517 g/mol. The van der Waals surface area contributed by atoms with Gasteiger partial charge in [0.25, 0.3) is 0 Å². The number of nitrogens with zero attached hydrogens (tertiary/aromatic N) is 2. The molecule has 10 heteroatoms. The standard InChI is InChI=1S/C25H31N3O5S2/c29-25(26-17-16-21-10-4-1-5-11-21)24-20-27(34(30,31)22-12-6-2-7-13-22)18-19-28(24)35(32,33)23-14-8-3-9-15-23/h2-3,6-10,12-15,24H,1,4-5,11,16-20H2,(H,26,29). The number of amides is 1. The number of hydrogen-bond acceptors (Lipinski definition) is 5. The van der Waals surface area contributed by atoms with Crippen LogP contribution >= 0.6 is 0 Å². The summed E-state index contributed by atoms with van der Waals surface area (Å²) in [5.41, 5.74) is 1.29. The largest absolute Gasteiger partial charge is 0.354 e. The van der Waals surface area contributed by atoms with Crippen molar-refractivity contribution >= 4 is 26.0 Å². The van der Waals surface area contributed by atoms with Crippen LogP contribution in [0.3, 0.4) is 0 Å². The molecular formula is C25H31N3O5S2. The molecule has 188 valence electrons. The van der Waals surface area contributed by atoms with Gasteiger partial charge in [-0.2, -0.15) is 8.61 Å². The third-order valence-electron chi connectivity index (χ3n) is 6.46. The molecule has 0 bridgehead atoms. The Bertz CT molecular complexity index is 1260. The Labute approximate surface area is 207 Å². The van der Waals surface area contributed by atoms with Crippen molar-refractivity contribution in [1.82, 2.24) is 13.9 Å². The molecular weight excluding hydrogens is 486 g/mol. The maximum Gasteiger partial charge on any atom is 0.243 e. The fourth-order valence-corrected chi connectivity index (χ4v) is 7.58. The van der Waals surface area contributed by atoms with E-state index in [0.29, 0.717) is 13.0 Å². The molecule has 1 N–H and O–H groups in total. The van der Waals surface area contributed by atoms with E-state index in [9.17, 15) is 21.6 Å². The molecule has 2 aliphatic rings. The van der Waals surface area contributed by atoms with Crippen LogP contribution in [-0.2, 0) is 24.8 Å². The zero-order chi connectivity index (χ0) is 24.9. The third kappa shape index (κ3) is 5.83. The lowest BCUT2D eigenvalue weighted by molar-refractivity contribution is -0.125. The van der Waals surface area contributed by atoms with Crippen molar-refractivity contribution in [2.75, 3.05) is 26.2 Å². The van der Waals surface area contributed by atoms with Crippen LogP contribution in [0, 0.1) is 0 Å². The van der Waals surface area contributed by atoms with Crippen LogP contribution in [-0.4, -0.2) is 63.6 Å². The van der Waals surface area contributed by atoms with Gasteiger partial charge in [0.1, 0.15) is 6.04 Å². The molecule has 1 amide bonds. The fourth-order valence-electron chi connectivity index (χ4n) is 4.53. The number of piperazine rings is 1. The summed E-state index contributed by atoms with van der Waals surface area (Å²) in [4.78, 5) is 13.5. The average molecular weight is 518 g/mol. The van der Waals surface area contributed by atoms with Crippen molar-refractivity contribution in [2.45, 2.75) is 47.9 Å². The Morgan fingerprint density at radius 3 is 2.09 bits per heavy atom. The first-order valence-corrected chi connectivity index (χ1v) is 14.8. The summed E-state index contributed by atoms with van der Waals surface area (Å²) in [6, 6.07) is 14.7. The minimum Gasteiger partial charge on any atom is -0.354 e. The minimum atomic E-state index is -4.00. The highest BCUT2D eigenvalue weighted by Gasteiger charge is 2.43. The van der Waals surface area contributed by atoms with Gasteiger partial charge in [0.05, 0.1) is 9.79 Å². The van der Waals surface area contributed by atoms with Crippen molar-refractivity contribution < 1.29 is 21.6 Å². The van der Waals surface area contributed by atoms with E-state index in [1.807, 2.05) is 0 Å². The van der Waals surface area contributed by atoms with Gasteiger partial charge < -0.3 is 5.32 Å². The second-order valence-corrected chi connectivity index (χ2v) is 12.6. The van der Waals surface area contributed by atoms with Gasteiger partial charge in [-0.1, -0.05) is 48.0 Å². The zero-order valence-electron chi connectivity index (χ0n) is 19.5. The van der Waals surface area contributed by atoms with Crippen LogP contribution in [0.2, 0.25) is 0 Å². The number of sulfonamides is 2. The van der Waals surface area contributed by atoms with Gasteiger partial charge in [0, 0.05) is 26.2 Å². The Morgan fingerprint density at radius 2 is 1.49 bits per heavy atom. The van der Waals surface area contributed by atoms with E-state index >= 15 is 0 Å². The molecule has 1 unspecified atom stereocenters. The summed E-state index contributed by atoms with van der Waals surface area (Å²) in [5, 5.41) is 2.86. The van der Waals surface area contributed by atoms with Crippen molar-refractivity contribution in [1.29, 1.82) is 0 Å². The number of hydrogen-bond donors (Lipinski definition) is 1. The molecule has 0 radical (unpaired) electrons. The van der Waals surface area contributed by atoms with Gasteiger partial charge >= 0.3 is 0 Å². The molecule has 35 heavy (non-hydrogen) atoms. The molecule has 0 saturated carbocycles. The molecule has 1 aliphatic carbocycles. The van der Waals surface area contributed by atoms with Gasteiger partial charge in [-0.15, -0.1) is 0 Å². The first-order valence-electron chi connectivity index (χ1n) is 11.9. The van der Waals surface area contributed by atoms with Crippen molar-refractivity contribution in [3.8, 4) is 0 Å². The molecule has 0 aromatic heterocycles. The van der Waals surface area contributed by atoms with E-state index in [2.05, 4.69) is 11.4 Å². The smallest absolute Gasteiger partial charge is 0.243 e. The number of carbonyl (C=O) groups is 1. The van der Waals surface area contributed by atoms with Crippen molar-refractivity contribution in [2.24, 2.45) is 0 Å². The van der Waals surface area contributed by atoms with E-state index in [-0.39, 0.29) is 29.4 Å². The number of nitrogens with one attached hydrogen (secondary N) is 1. The first kappa shape index (κ1) is 25.6. The summed E-state index contributed by atoms with van der Waals surface area (Å²) in [6.45, 7) is -0.0316. The van der Waals surface area contributed by atoms with E-state index in [1.165, 1.54) is 40.6 Å². The molecule has 1 atom stereocenters. The lowest BCUT2D eigenvalue weighted by Gasteiger charge is -2.39. The van der Waals surface area contributed by atoms with Crippen LogP contribution in [0.1, 0.15) is 32.1 Å². The molecule has 1 heterocycles. The van der Waals surface area contributed by atoms with Gasteiger partial charge in [-0.25, -0.2) is 16.8 Å². The van der Waals surface area contributed by atoms with E-state index in [1.54, 1.807) is 36.4 Å². The number of rotatable bonds is 8. The second-order valence-electron chi connectivity index (χ2n) is 8.77. The van der Waals surface area contributed by atoms with Gasteiger partial charge in [0.15, 0.2) is 0 Å². The molecule has 0 spiro atoms. The van der Waals surface area contributed by atoms with Crippen LogP contribution in [0.4, 0.5) is 0 Å². The Morgan fingerprint density at radius 1 is 0.857 bits per heavy atom. The third-order valence-corrected chi connectivity index (χ3v) is 10.3. The SMILES string of the molecule is O=C(NCCC1=CCCCC1)C1CN(S(=O)(=O)c2ccccc2)CCN1S(=O)(=O)c1ccccc1. The number of benzene rings is 2. The van der Waals surface area contributed by atoms with Crippen LogP contribution in [0.15, 0.2) is 82.1 Å². The molecule has 1 saturated heterocycles. The highest BCUT2D eigenvalue weighted by atomic mass is 32.2. The molecule has 1 fully saturated rings. The quantitative estimate of drug-likeness (QED) is 0.543. The zero-order valence-corrected chi connectivity index (χ0v) is 21.2. The number of carbonyl (C=O) groups excluding carboxylic acids is 1. The topological polar surface area (TPSA) is 104 Å². The number of allylic oxidation sites excluding steroid dienone is 1. The maximum atomic E-state index is 13.4. The van der Waals surface area contributed by atoms with Gasteiger partial charge in [-0.3, -0.25) is 4.79 Å². The van der Waals surface area contributed by atoms with Gasteiger partial charge in [-0.05, 0) is 56.4 Å². The van der Waals surface area contributed by atoms with E-state index in [4.69, 9.17) is 0 Å². The van der Waals surface area contributed by atoms with Crippen LogP contribution in [0.25, 0.3) is 0 Å². The highest BCUT2D eigenvalue weighted by Crippen LogP contribution is 2.26. The van der Waals surface area contributed by atoms with E-state index < -0.39 is 32.0 Å². The normalized spacial score (nSPS) is 20.2. The summed E-state index contributed by atoms with van der Waals surface area (Å²) in [6.07, 6.45) is 7.28. The summed E-state index contributed by atoms with van der Waals surface area (Å²) >= 11 is 0. The predicted octanol–water partition coefficient (Wildman–Crippen LogP) is 2.76. The fraction of sp³-hybridized carbons (Fsp3) is 0.400. The van der Waals surface area contributed by atoms with Crippen LogP contribution in [0.5, 0.6) is 0 Å². The maximum absolute atomic E-state index is 13.4.